The zero-order valence-corrected chi connectivity index (χ0v) is 24.7. The molecule has 0 unspecified atom stereocenters. The maximum absolute atomic E-state index is 13.1. The number of carbonyl (C=O) groups is 5. The molecule has 0 aromatic heterocycles. The number of phenolic OH excluding ortho intramolecular Hbond substituents is 1. The lowest BCUT2D eigenvalue weighted by Crippen LogP contribution is -2.56. The molecule has 0 radical (unpaired) electrons. The lowest BCUT2D eigenvalue weighted by molar-refractivity contribution is -0.384. The first-order chi connectivity index (χ1) is 20.7. The highest BCUT2D eigenvalue weighted by Crippen LogP contribution is 2.14. The fraction of sp³-hybridized carbons (Fsp3) is 0.414. The molecule has 9 N–H and O–H groups in total. The second-order valence-electron chi connectivity index (χ2n) is 10.8. The number of non-ortho nitro benzene ring substituents is 1. The highest BCUT2D eigenvalue weighted by Gasteiger charge is 2.27. The van der Waals surface area contributed by atoms with Crippen molar-refractivity contribution in [1.29, 1.82) is 0 Å². The number of benzene rings is 2. The minimum atomic E-state index is -1.22. The fourth-order valence-electron chi connectivity index (χ4n) is 4.12. The Kier molecular flexibility index (Phi) is 13.2. The molecule has 44 heavy (non-hydrogen) atoms. The number of phenols is 1. The highest BCUT2D eigenvalue weighted by atomic mass is 16.6. The molecule has 0 aliphatic carbocycles. The van der Waals surface area contributed by atoms with Crippen LogP contribution in [-0.2, 0) is 36.8 Å². The van der Waals surface area contributed by atoms with Gasteiger partial charge in [0.15, 0.2) is 0 Å². The zero-order chi connectivity index (χ0) is 33.0. The summed E-state index contributed by atoms with van der Waals surface area (Å²) in [4.78, 5) is 73.2. The topological polar surface area (TPSA) is 249 Å². The molecule has 4 atom stereocenters. The van der Waals surface area contributed by atoms with E-state index in [0.717, 1.165) is 0 Å². The summed E-state index contributed by atoms with van der Waals surface area (Å²) in [6.07, 6.45) is 0.342. The molecule has 238 valence electrons. The van der Waals surface area contributed by atoms with Gasteiger partial charge in [-0.2, -0.15) is 0 Å². The molecular formula is C29H39N7O8. The summed E-state index contributed by atoms with van der Waals surface area (Å²) in [5, 5.41) is 30.3. The van der Waals surface area contributed by atoms with Crippen molar-refractivity contribution in [2.75, 3.05) is 6.54 Å². The molecule has 0 spiro atoms. The number of primary amides is 1. The smallest absolute Gasteiger partial charge is 0.269 e. The number of rotatable bonds is 16. The van der Waals surface area contributed by atoms with Crippen LogP contribution in [0.3, 0.4) is 0 Å². The Morgan fingerprint density at radius 3 is 1.93 bits per heavy atom. The van der Waals surface area contributed by atoms with Gasteiger partial charge in [0.25, 0.3) is 5.69 Å². The number of nitro groups is 1. The van der Waals surface area contributed by atoms with E-state index in [9.17, 15) is 39.2 Å². The maximum atomic E-state index is 13.1. The lowest BCUT2D eigenvalue weighted by atomic mass is 10.0. The van der Waals surface area contributed by atoms with Gasteiger partial charge in [0.1, 0.15) is 23.9 Å². The summed E-state index contributed by atoms with van der Waals surface area (Å²) in [7, 11) is 0. The minimum absolute atomic E-state index is 0.0237. The SMILES string of the molecule is CC(C)C[C@H](NC(=O)[C@H](Cc1ccc([N+](=O)[O-])cc1)NC(=O)CNC(=O)[C@H](C)NC(=O)[C@@H](N)Cc1ccc(O)cc1)C(N)=O. The Labute approximate surface area is 254 Å². The molecule has 0 bridgehead atoms. The number of aromatic hydroxyl groups is 1. The Bertz CT molecular complexity index is 1330. The number of carbonyl (C=O) groups excluding carboxylic acids is 5. The van der Waals surface area contributed by atoms with Crippen molar-refractivity contribution in [3.8, 4) is 5.75 Å². The Morgan fingerprint density at radius 2 is 1.39 bits per heavy atom. The molecule has 0 aliphatic rings. The van der Waals surface area contributed by atoms with Crippen LogP contribution >= 0.6 is 0 Å². The summed E-state index contributed by atoms with van der Waals surface area (Å²) < 4.78 is 0. The van der Waals surface area contributed by atoms with Gasteiger partial charge < -0.3 is 37.8 Å². The number of hydrogen-bond acceptors (Lipinski definition) is 9. The standard InChI is InChI=1S/C29H39N7O8/c1-16(2)12-23(26(31)39)35-29(42)24(14-19-4-8-20(9-5-19)36(43)44)34-25(38)15-32-27(40)17(3)33-28(41)22(30)13-18-6-10-21(37)11-7-18/h4-11,16-17,22-24,37H,12-15,30H2,1-3H3,(H2,31,39)(H,32,40)(H,33,41)(H,34,38)(H,35,42)/t17-,22-,23-,24-/m0/s1. The third-order valence-corrected chi connectivity index (χ3v) is 6.51. The van der Waals surface area contributed by atoms with E-state index in [-0.39, 0.29) is 36.6 Å². The van der Waals surface area contributed by atoms with E-state index in [2.05, 4.69) is 21.3 Å². The summed E-state index contributed by atoms with van der Waals surface area (Å²) in [5.74, 6) is -3.41. The number of amides is 5. The fourth-order valence-corrected chi connectivity index (χ4v) is 4.12. The van der Waals surface area contributed by atoms with E-state index in [1.807, 2.05) is 13.8 Å². The molecule has 2 aromatic rings. The van der Waals surface area contributed by atoms with Gasteiger partial charge in [-0.3, -0.25) is 34.1 Å². The van der Waals surface area contributed by atoms with Crippen molar-refractivity contribution >= 4 is 35.2 Å². The van der Waals surface area contributed by atoms with Crippen LogP contribution in [0.4, 0.5) is 5.69 Å². The van der Waals surface area contributed by atoms with Gasteiger partial charge in [-0.1, -0.05) is 38.1 Å². The van der Waals surface area contributed by atoms with Gasteiger partial charge in [0.05, 0.1) is 17.5 Å². The molecule has 5 amide bonds. The van der Waals surface area contributed by atoms with Gasteiger partial charge in [0.2, 0.25) is 29.5 Å². The van der Waals surface area contributed by atoms with Crippen LogP contribution in [0.15, 0.2) is 48.5 Å². The van der Waals surface area contributed by atoms with E-state index in [1.54, 1.807) is 12.1 Å². The van der Waals surface area contributed by atoms with E-state index < -0.39 is 65.2 Å². The van der Waals surface area contributed by atoms with Crippen LogP contribution in [0, 0.1) is 16.0 Å². The first kappa shape index (κ1) is 35.1. The van der Waals surface area contributed by atoms with Crippen molar-refractivity contribution in [3.05, 3.63) is 69.8 Å². The number of nitrogens with one attached hydrogen (secondary N) is 4. The van der Waals surface area contributed by atoms with Gasteiger partial charge in [-0.15, -0.1) is 0 Å². The average Bonchev–Trinajstić information content (AvgIpc) is 2.96. The van der Waals surface area contributed by atoms with Gasteiger partial charge in [-0.25, -0.2) is 0 Å². The van der Waals surface area contributed by atoms with Crippen LogP contribution in [0.5, 0.6) is 5.75 Å². The highest BCUT2D eigenvalue weighted by molar-refractivity contribution is 5.94. The second-order valence-corrected chi connectivity index (χ2v) is 10.8. The van der Waals surface area contributed by atoms with Crippen LogP contribution in [0.25, 0.3) is 0 Å². The molecule has 2 rings (SSSR count). The number of nitrogens with zero attached hydrogens (tertiary/aromatic N) is 1. The largest absolute Gasteiger partial charge is 0.508 e. The number of nitro benzene ring substituents is 1. The molecule has 0 aliphatic heterocycles. The minimum Gasteiger partial charge on any atom is -0.508 e. The van der Waals surface area contributed by atoms with E-state index in [4.69, 9.17) is 11.5 Å². The summed E-state index contributed by atoms with van der Waals surface area (Å²) in [5.41, 5.74) is 12.4. The van der Waals surface area contributed by atoms with Crippen molar-refractivity contribution in [2.45, 2.75) is 64.2 Å². The molecule has 0 fully saturated rings. The Hall–Kier alpha value is -5.05. The summed E-state index contributed by atoms with van der Waals surface area (Å²) >= 11 is 0. The van der Waals surface area contributed by atoms with Crippen LogP contribution in [-0.4, -0.2) is 70.3 Å². The molecule has 2 aromatic carbocycles. The van der Waals surface area contributed by atoms with Crippen molar-refractivity contribution in [3.63, 3.8) is 0 Å². The monoisotopic (exact) mass is 613 g/mol. The predicted octanol–water partition coefficient (Wildman–Crippen LogP) is -0.465. The molecular weight excluding hydrogens is 574 g/mol. The van der Waals surface area contributed by atoms with Gasteiger partial charge in [-0.05, 0) is 48.9 Å². The number of nitrogens with two attached hydrogens (primary N) is 2. The van der Waals surface area contributed by atoms with Crippen molar-refractivity contribution in [1.82, 2.24) is 21.3 Å². The van der Waals surface area contributed by atoms with Crippen molar-refractivity contribution in [2.24, 2.45) is 17.4 Å². The first-order valence-corrected chi connectivity index (χ1v) is 13.9. The zero-order valence-electron chi connectivity index (χ0n) is 24.7. The Balaban J connectivity index is 2.01. The predicted molar refractivity (Wildman–Crippen MR) is 160 cm³/mol. The third kappa shape index (κ3) is 11.7. The molecule has 15 nitrogen and oxygen atoms in total. The van der Waals surface area contributed by atoms with Crippen LogP contribution in [0.2, 0.25) is 0 Å². The van der Waals surface area contributed by atoms with Crippen molar-refractivity contribution < 1.29 is 34.0 Å². The summed E-state index contributed by atoms with van der Waals surface area (Å²) in [6.45, 7) is 4.54. The second kappa shape index (κ2) is 16.6. The molecule has 15 heteroatoms. The molecule has 0 heterocycles. The van der Waals surface area contributed by atoms with Crippen LogP contribution in [0.1, 0.15) is 38.3 Å². The van der Waals surface area contributed by atoms with Crippen LogP contribution < -0.4 is 32.7 Å². The van der Waals surface area contributed by atoms with E-state index in [1.165, 1.54) is 43.3 Å². The maximum Gasteiger partial charge on any atom is 0.269 e. The normalized spacial score (nSPS) is 13.6. The average molecular weight is 614 g/mol. The van der Waals surface area contributed by atoms with Gasteiger partial charge in [0, 0.05) is 18.6 Å². The molecule has 0 saturated heterocycles. The lowest BCUT2D eigenvalue weighted by Gasteiger charge is -2.23. The van der Waals surface area contributed by atoms with E-state index in [0.29, 0.717) is 11.1 Å². The van der Waals surface area contributed by atoms with E-state index >= 15 is 0 Å². The Morgan fingerprint density at radius 1 is 0.818 bits per heavy atom. The van der Waals surface area contributed by atoms with Gasteiger partial charge >= 0.3 is 0 Å². The quantitative estimate of drug-likeness (QED) is 0.0954. The first-order valence-electron chi connectivity index (χ1n) is 13.9. The third-order valence-electron chi connectivity index (χ3n) is 6.51. The summed E-state index contributed by atoms with van der Waals surface area (Å²) in [6, 6.07) is 7.29. The number of hydrogen-bond donors (Lipinski definition) is 7. The molecule has 0 saturated carbocycles.